The smallest absolute Gasteiger partial charge is 0.380 e. The zero-order chi connectivity index (χ0) is 18.6. The molecule has 8 heteroatoms. The summed E-state index contributed by atoms with van der Waals surface area (Å²) in [6.07, 6.45) is -1.05. The standard InChI is InChI=1S/C18H17F3N4S/c1-22-26-14-5-6-16(15(8-14)17-10-23-11-25-17)24-9-12-3-2-4-13(7-12)18(19,20)21/h2-8,10-11,22,24H,9H2,1H3,(H,23,25). The number of anilines is 1. The Hall–Kier alpha value is -2.45. The van der Waals surface area contributed by atoms with Gasteiger partial charge < -0.3 is 10.3 Å². The van der Waals surface area contributed by atoms with Crippen molar-refractivity contribution in [2.24, 2.45) is 0 Å². The van der Waals surface area contributed by atoms with Crippen molar-refractivity contribution in [3.8, 4) is 11.3 Å². The quantitative estimate of drug-likeness (QED) is 0.532. The molecule has 3 aromatic rings. The lowest BCUT2D eigenvalue weighted by atomic mass is 10.1. The van der Waals surface area contributed by atoms with E-state index in [9.17, 15) is 13.2 Å². The van der Waals surface area contributed by atoms with Crippen molar-refractivity contribution < 1.29 is 13.2 Å². The van der Waals surface area contributed by atoms with Crippen LogP contribution in [-0.2, 0) is 12.7 Å². The molecule has 1 aromatic heterocycles. The second kappa shape index (κ2) is 7.84. The van der Waals surface area contributed by atoms with Crippen LogP contribution in [0.1, 0.15) is 11.1 Å². The van der Waals surface area contributed by atoms with E-state index in [-0.39, 0.29) is 6.54 Å². The van der Waals surface area contributed by atoms with E-state index in [4.69, 9.17) is 0 Å². The van der Waals surface area contributed by atoms with Gasteiger partial charge in [-0.05, 0) is 54.9 Å². The highest BCUT2D eigenvalue weighted by Gasteiger charge is 2.30. The summed E-state index contributed by atoms with van der Waals surface area (Å²) in [4.78, 5) is 8.12. The highest BCUT2D eigenvalue weighted by atomic mass is 32.2. The number of nitrogens with zero attached hydrogens (tertiary/aromatic N) is 1. The number of rotatable bonds is 6. The fraction of sp³-hybridized carbons (Fsp3) is 0.167. The van der Waals surface area contributed by atoms with Crippen molar-refractivity contribution in [3.05, 3.63) is 66.1 Å². The third-order valence-corrected chi connectivity index (χ3v) is 4.43. The van der Waals surface area contributed by atoms with Crippen LogP contribution >= 0.6 is 11.9 Å². The number of nitrogens with one attached hydrogen (secondary N) is 3. The predicted octanol–water partition coefficient (Wildman–Crippen LogP) is 4.93. The van der Waals surface area contributed by atoms with Crippen LogP contribution in [0.3, 0.4) is 0 Å². The maximum absolute atomic E-state index is 12.9. The fourth-order valence-corrected chi connectivity index (χ4v) is 3.09. The number of hydrogen-bond donors (Lipinski definition) is 3. The number of H-pyrrole nitrogens is 1. The molecule has 0 aliphatic heterocycles. The first kappa shape index (κ1) is 18.3. The molecule has 1 heterocycles. The highest BCUT2D eigenvalue weighted by molar-refractivity contribution is 7.97. The van der Waals surface area contributed by atoms with Crippen molar-refractivity contribution in [3.63, 3.8) is 0 Å². The lowest BCUT2D eigenvalue weighted by Gasteiger charge is -2.14. The molecule has 4 nitrogen and oxygen atoms in total. The van der Waals surface area contributed by atoms with Crippen LogP contribution in [0.25, 0.3) is 11.3 Å². The van der Waals surface area contributed by atoms with E-state index in [2.05, 4.69) is 20.0 Å². The van der Waals surface area contributed by atoms with Gasteiger partial charge in [-0.3, -0.25) is 4.72 Å². The van der Waals surface area contributed by atoms with Crippen LogP contribution < -0.4 is 10.0 Å². The van der Waals surface area contributed by atoms with Gasteiger partial charge in [0.05, 0.1) is 23.8 Å². The maximum Gasteiger partial charge on any atom is 0.416 e. The molecule has 3 rings (SSSR count). The molecule has 0 fully saturated rings. The summed E-state index contributed by atoms with van der Waals surface area (Å²) in [5.41, 5.74) is 2.45. The minimum Gasteiger partial charge on any atom is -0.380 e. The van der Waals surface area contributed by atoms with Crippen molar-refractivity contribution in [2.75, 3.05) is 12.4 Å². The summed E-state index contributed by atoms with van der Waals surface area (Å²) in [5.74, 6) is 0. The number of aromatic nitrogens is 2. The van der Waals surface area contributed by atoms with Gasteiger partial charge in [0.1, 0.15) is 0 Å². The van der Waals surface area contributed by atoms with Gasteiger partial charge in [-0.25, -0.2) is 4.98 Å². The molecule has 0 unspecified atom stereocenters. The molecule has 0 aliphatic carbocycles. The summed E-state index contributed by atoms with van der Waals surface area (Å²) in [7, 11) is 1.83. The van der Waals surface area contributed by atoms with Crippen LogP contribution in [0.2, 0.25) is 0 Å². The van der Waals surface area contributed by atoms with Gasteiger partial charge in [0, 0.05) is 22.7 Å². The van der Waals surface area contributed by atoms with E-state index in [1.54, 1.807) is 18.6 Å². The average molecular weight is 378 g/mol. The molecule has 0 spiro atoms. The normalized spacial score (nSPS) is 11.5. The molecule has 3 N–H and O–H groups in total. The third kappa shape index (κ3) is 4.39. The first-order valence-electron chi connectivity index (χ1n) is 7.84. The molecule has 0 saturated heterocycles. The fourth-order valence-electron chi connectivity index (χ4n) is 2.54. The SMILES string of the molecule is CNSc1ccc(NCc2cccc(C(F)(F)F)c2)c(-c2cnc[nH]2)c1. The minimum atomic E-state index is -4.34. The molecule has 0 amide bonds. The molecule has 0 aliphatic rings. The number of aromatic amines is 1. The molecular formula is C18H17F3N4S. The minimum absolute atomic E-state index is 0.281. The van der Waals surface area contributed by atoms with E-state index in [0.29, 0.717) is 5.56 Å². The van der Waals surface area contributed by atoms with Crippen LogP contribution in [0, 0.1) is 0 Å². The lowest BCUT2D eigenvalue weighted by Crippen LogP contribution is -2.07. The number of alkyl halides is 3. The first-order chi connectivity index (χ1) is 12.5. The van der Waals surface area contributed by atoms with Gasteiger partial charge in [0.15, 0.2) is 0 Å². The maximum atomic E-state index is 12.9. The van der Waals surface area contributed by atoms with Crippen molar-refractivity contribution in [2.45, 2.75) is 17.6 Å². The van der Waals surface area contributed by atoms with E-state index in [1.165, 1.54) is 18.0 Å². The molecule has 0 bridgehead atoms. The van der Waals surface area contributed by atoms with Crippen molar-refractivity contribution in [1.82, 2.24) is 14.7 Å². The average Bonchev–Trinajstić information content (AvgIpc) is 3.15. The van der Waals surface area contributed by atoms with E-state index in [0.717, 1.165) is 34.0 Å². The van der Waals surface area contributed by atoms with E-state index >= 15 is 0 Å². The van der Waals surface area contributed by atoms with Gasteiger partial charge in [-0.1, -0.05) is 12.1 Å². The second-order valence-corrected chi connectivity index (χ2v) is 6.61. The highest BCUT2D eigenvalue weighted by Crippen LogP contribution is 2.32. The number of hydrogen-bond acceptors (Lipinski definition) is 4. The predicted molar refractivity (Wildman–Crippen MR) is 97.7 cm³/mol. The Morgan fingerprint density at radius 2 is 2.00 bits per heavy atom. The second-order valence-electron chi connectivity index (χ2n) is 5.53. The Labute approximate surface area is 153 Å². The number of imidazole rings is 1. The Bertz CT molecular complexity index is 863. The van der Waals surface area contributed by atoms with Crippen LogP contribution in [0.15, 0.2) is 59.9 Å². The Kier molecular flexibility index (Phi) is 5.53. The molecule has 26 heavy (non-hydrogen) atoms. The van der Waals surface area contributed by atoms with Gasteiger partial charge in [-0.2, -0.15) is 13.2 Å². The Balaban J connectivity index is 1.84. The van der Waals surface area contributed by atoms with Crippen molar-refractivity contribution in [1.29, 1.82) is 0 Å². The Morgan fingerprint density at radius 1 is 1.15 bits per heavy atom. The summed E-state index contributed by atoms with van der Waals surface area (Å²) >= 11 is 1.48. The summed E-state index contributed by atoms with van der Waals surface area (Å²) < 4.78 is 41.6. The largest absolute Gasteiger partial charge is 0.416 e. The summed E-state index contributed by atoms with van der Waals surface area (Å²) in [6, 6.07) is 11.2. The lowest BCUT2D eigenvalue weighted by molar-refractivity contribution is -0.137. The number of halogens is 3. The van der Waals surface area contributed by atoms with Crippen LogP contribution in [-0.4, -0.2) is 17.0 Å². The molecule has 136 valence electrons. The molecule has 0 saturated carbocycles. The summed E-state index contributed by atoms with van der Waals surface area (Å²) in [5, 5.41) is 3.22. The summed E-state index contributed by atoms with van der Waals surface area (Å²) in [6.45, 7) is 0.281. The van der Waals surface area contributed by atoms with Gasteiger partial charge >= 0.3 is 6.18 Å². The van der Waals surface area contributed by atoms with E-state index in [1.807, 2.05) is 25.2 Å². The molecular weight excluding hydrogens is 361 g/mol. The van der Waals surface area contributed by atoms with Gasteiger partial charge in [0.25, 0.3) is 0 Å². The van der Waals surface area contributed by atoms with Crippen LogP contribution in [0.4, 0.5) is 18.9 Å². The zero-order valence-electron chi connectivity index (χ0n) is 13.9. The third-order valence-electron chi connectivity index (χ3n) is 3.74. The topological polar surface area (TPSA) is 52.7 Å². The monoisotopic (exact) mass is 378 g/mol. The molecule has 0 atom stereocenters. The van der Waals surface area contributed by atoms with Gasteiger partial charge in [0.2, 0.25) is 0 Å². The molecule has 2 aromatic carbocycles. The van der Waals surface area contributed by atoms with E-state index < -0.39 is 11.7 Å². The van der Waals surface area contributed by atoms with Crippen molar-refractivity contribution >= 4 is 17.6 Å². The Morgan fingerprint density at radius 3 is 2.69 bits per heavy atom. The van der Waals surface area contributed by atoms with Crippen LogP contribution in [0.5, 0.6) is 0 Å². The first-order valence-corrected chi connectivity index (χ1v) is 8.65. The number of benzene rings is 2. The zero-order valence-corrected chi connectivity index (χ0v) is 14.7. The molecule has 0 radical (unpaired) electrons. The van der Waals surface area contributed by atoms with Gasteiger partial charge in [-0.15, -0.1) is 0 Å².